The maximum atomic E-state index is 9.59. The van der Waals surface area contributed by atoms with Crippen molar-refractivity contribution in [1.82, 2.24) is 4.90 Å². The largest absolute Gasteiger partial charge is 0.381 e. The number of morpholine rings is 1. The number of amides is 1. The highest BCUT2D eigenvalue weighted by Gasteiger charge is 2.06. The molecule has 3 N–H and O–H groups in total. The zero-order valence-electron chi connectivity index (χ0n) is 8.03. The average molecular weight is 190 g/mol. The molecule has 13 heavy (non-hydrogen) atoms. The summed E-state index contributed by atoms with van der Waals surface area (Å²) in [5.41, 5.74) is 4.65. The van der Waals surface area contributed by atoms with Gasteiger partial charge in [0.25, 0.3) is 0 Å². The molecule has 0 unspecified atom stereocenters. The predicted molar refractivity (Wildman–Crippen MR) is 49.0 cm³/mol. The van der Waals surface area contributed by atoms with Crippen LogP contribution in [0.25, 0.3) is 0 Å². The van der Waals surface area contributed by atoms with Gasteiger partial charge in [0.2, 0.25) is 5.91 Å². The van der Waals surface area contributed by atoms with Gasteiger partial charge in [-0.1, -0.05) is 6.92 Å². The first-order valence-corrected chi connectivity index (χ1v) is 4.40. The van der Waals surface area contributed by atoms with Crippen LogP contribution in [-0.2, 0) is 9.53 Å². The first kappa shape index (κ1) is 12.3. The Bertz CT molecular complexity index is 135. The Morgan fingerprint density at radius 3 is 2.23 bits per heavy atom. The van der Waals surface area contributed by atoms with E-state index in [0.717, 1.165) is 26.3 Å². The summed E-state index contributed by atoms with van der Waals surface area (Å²) in [4.78, 5) is 11.5. The van der Waals surface area contributed by atoms with E-state index in [9.17, 15) is 4.79 Å². The molecule has 1 amide bonds. The van der Waals surface area contributed by atoms with Crippen LogP contribution >= 0.6 is 0 Å². The van der Waals surface area contributed by atoms with E-state index < -0.39 is 0 Å². The first-order chi connectivity index (χ1) is 6.20. The highest BCUT2D eigenvalue weighted by Crippen LogP contribution is 1.92. The molecule has 1 rings (SSSR count). The van der Waals surface area contributed by atoms with Crippen LogP contribution < -0.4 is 5.73 Å². The van der Waals surface area contributed by atoms with Gasteiger partial charge in [-0.05, 0) is 0 Å². The molecule has 0 aliphatic carbocycles. The zero-order valence-corrected chi connectivity index (χ0v) is 8.03. The summed E-state index contributed by atoms with van der Waals surface area (Å²) >= 11 is 0. The van der Waals surface area contributed by atoms with Crippen molar-refractivity contribution in [2.24, 2.45) is 5.73 Å². The van der Waals surface area contributed by atoms with Crippen molar-refractivity contribution in [2.45, 2.75) is 13.3 Å². The van der Waals surface area contributed by atoms with Crippen molar-refractivity contribution in [3.63, 3.8) is 0 Å². The number of aliphatic hydroxyl groups is 1. The van der Waals surface area contributed by atoms with E-state index in [0.29, 0.717) is 6.42 Å². The number of primary amides is 1. The number of carbonyl (C=O) groups is 1. The molecule has 0 bridgehead atoms. The molecular weight excluding hydrogens is 172 g/mol. The summed E-state index contributed by atoms with van der Waals surface area (Å²) in [5, 5.41) is 8.56. The average Bonchev–Trinajstić information content (AvgIpc) is 2.20. The van der Waals surface area contributed by atoms with E-state index in [-0.39, 0.29) is 12.6 Å². The topological polar surface area (TPSA) is 75.8 Å². The molecule has 1 aliphatic rings. The normalized spacial score (nSPS) is 17.4. The van der Waals surface area contributed by atoms with Crippen molar-refractivity contribution in [3.8, 4) is 0 Å². The SMILES string of the molecule is CCC(N)=O.OCN1CCOCC1. The fraction of sp³-hybridized carbons (Fsp3) is 0.875. The number of nitrogens with two attached hydrogens (primary N) is 1. The summed E-state index contributed by atoms with van der Waals surface area (Å²) < 4.78 is 5.05. The van der Waals surface area contributed by atoms with Gasteiger partial charge in [-0.3, -0.25) is 9.69 Å². The number of ether oxygens (including phenoxy) is 1. The number of rotatable bonds is 2. The molecule has 0 aromatic carbocycles. The van der Waals surface area contributed by atoms with Crippen molar-refractivity contribution in [1.29, 1.82) is 0 Å². The lowest BCUT2D eigenvalue weighted by Gasteiger charge is -2.23. The molecular formula is C8H18N2O3. The van der Waals surface area contributed by atoms with Crippen molar-refractivity contribution in [2.75, 3.05) is 33.0 Å². The molecule has 1 saturated heterocycles. The molecule has 0 spiro atoms. The molecule has 0 aromatic rings. The fourth-order valence-corrected chi connectivity index (χ4v) is 0.743. The smallest absolute Gasteiger partial charge is 0.217 e. The van der Waals surface area contributed by atoms with Crippen LogP contribution in [-0.4, -0.2) is 48.9 Å². The van der Waals surface area contributed by atoms with E-state index in [2.05, 4.69) is 5.73 Å². The molecule has 1 fully saturated rings. The summed E-state index contributed by atoms with van der Waals surface area (Å²) in [6, 6.07) is 0. The van der Waals surface area contributed by atoms with Gasteiger partial charge in [0.1, 0.15) is 0 Å². The second-order valence-electron chi connectivity index (χ2n) is 2.69. The van der Waals surface area contributed by atoms with E-state index in [1.54, 1.807) is 6.92 Å². The van der Waals surface area contributed by atoms with Gasteiger partial charge < -0.3 is 15.6 Å². The van der Waals surface area contributed by atoms with Crippen molar-refractivity contribution in [3.05, 3.63) is 0 Å². The molecule has 0 saturated carbocycles. The van der Waals surface area contributed by atoms with Crippen LogP contribution in [0.4, 0.5) is 0 Å². The van der Waals surface area contributed by atoms with Crippen molar-refractivity contribution < 1.29 is 14.6 Å². The Morgan fingerprint density at radius 1 is 1.54 bits per heavy atom. The Morgan fingerprint density at radius 2 is 2.00 bits per heavy atom. The molecule has 0 aromatic heterocycles. The number of nitrogens with zero attached hydrogens (tertiary/aromatic N) is 1. The van der Waals surface area contributed by atoms with Gasteiger partial charge in [0.15, 0.2) is 0 Å². The van der Waals surface area contributed by atoms with Crippen LogP contribution in [0.1, 0.15) is 13.3 Å². The maximum absolute atomic E-state index is 9.59. The van der Waals surface area contributed by atoms with Gasteiger partial charge in [0.05, 0.1) is 19.9 Å². The Hall–Kier alpha value is -0.650. The summed E-state index contributed by atoms with van der Waals surface area (Å²) in [6.45, 7) is 5.17. The van der Waals surface area contributed by atoms with Gasteiger partial charge in [-0.25, -0.2) is 0 Å². The molecule has 1 aliphatic heterocycles. The van der Waals surface area contributed by atoms with Gasteiger partial charge >= 0.3 is 0 Å². The van der Waals surface area contributed by atoms with Crippen LogP contribution in [0.15, 0.2) is 0 Å². The Balaban J connectivity index is 0.000000252. The van der Waals surface area contributed by atoms with Gasteiger partial charge in [-0.15, -0.1) is 0 Å². The van der Waals surface area contributed by atoms with E-state index in [1.165, 1.54) is 0 Å². The molecule has 5 nitrogen and oxygen atoms in total. The highest BCUT2D eigenvalue weighted by molar-refractivity contribution is 5.73. The number of aliphatic hydroxyl groups excluding tert-OH is 1. The predicted octanol–water partition coefficient (Wildman–Crippen LogP) is -0.850. The van der Waals surface area contributed by atoms with E-state index >= 15 is 0 Å². The Labute approximate surface area is 78.5 Å². The quantitative estimate of drug-likeness (QED) is 0.594. The molecule has 0 radical (unpaired) electrons. The monoisotopic (exact) mass is 190 g/mol. The highest BCUT2D eigenvalue weighted by atomic mass is 16.5. The van der Waals surface area contributed by atoms with E-state index in [4.69, 9.17) is 9.84 Å². The first-order valence-electron chi connectivity index (χ1n) is 4.40. The summed E-state index contributed by atoms with van der Waals surface area (Å²) in [5.74, 6) is -0.245. The minimum Gasteiger partial charge on any atom is -0.381 e. The minimum atomic E-state index is -0.245. The number of hydrogen-bond donors (Lipinski definition) is 2. The van der Waals surface area contributed by atoms with Crippen LogP contribution in [0.5, 0.6) is 0 Å². The third kappa shape index (κ3) is 7.70. The number of carbonyl (C=O) groups excluding carboxylic acids is 1. The van der Waals surface area contributed by atoms with Crippen LogP contribution in [0.3, 0.4) is 0 Å². The second kappa shape index (κ2) is 7.97. The Kier molecular flexibility index (Phi) is 7.57. The van der Waals surface area contributed by atoms with Gasteiger partial charge in [-0.2, -0.15) is 0 Å². The molecule has 78 valence electrons. The third-order valence-corrected chi connectivity index (χ3v) is 1.65. The minimum absolute atomic E-state index is 0.170. The lowest BCUT2D eigenvalue weighted by atomic mass is 10.5. The standard InChI is InChI=1S/C5H11NO2.C3H7NO/c7-5-6-1-3-8-4-2-6;1-2-3(4)5/h7H,1-5H2;2H2,1H3,(H2,4,5). The fourth-order valence-electron chi connectivity index (χ4n) is 0.743. The van der Waals surface area contributed by atoms with Crippen LogP contribution in [0.2, 0.25) is 0 Å². The van der Waals surface area contributed by atoms with Gasteiger partial charge in [0, 0.05) is 19.5 Å². The second-order valence-corrected chi connectivity index (χ2v) is 2.69. The summed E-state index contributed by atoms with van der Waals surface area (Å²) in [6.07, 6.45) is 0.444. The number of hydrogen-bond acceptors (Lipinski definition) is 4. The third-order valence-electron chi connectivity index (χ3n) is 1.65. The molecule has 5 heteroatoms. The van der Waals surface area contributed by atoms with E-state index in [1.807, 2.05) is 4.90 Å². The maximum Gasteiger partial charge on any atom is 0.217 e. The molecule has 1 heterocycles. The van der Waals surface area contributed by atoms with Crippen molar-refractivity contribution >= 4 is 5.91 Å². The van der Waals surface area contributed by atoms with Crippen LogP contribution in [0, 0.1) is 0 Å². The lowest BCUT2D eigenvalue weighted by Crippen LogP contribution is -2.36. The summed E-state index contributed by atoms with van der Waals surface area (Å²) in [7, 11) is 0. The zero-order chi connectivity index (χ0) is 10.1. The molecule has 0 atom stereocenters. The lowest BCUT2D eigenvalue weighted by molar-refractivity contribution is -0.117.